The Kier molecular flexibility index (Phi) is 12.4. The molecule has 33 heavy (non-hydrogen) atoms. The summed E-state index contributed by atoms with van der Waals surface area (Å²) in [4.78, 5) is 9.49. The van der Waals surface area contributed by atoms with Crippen molar-refractivity contribution >= 4 is 0 Å². The first kappa shape index (κ1) is 25.7. The SMILES string of the molecule is CCCCCCCCc1cnc(-c2ccccc2)nc1OCCCCCCCC1CCCC1. The number of hydrogen-bond donors (Lipinski definition) is 0. The number of hydrogen-bond acceptors (Lipinski definition) is 3. The topological polar surface area (TPSA) is 35.0 Å². The molecule has 1 fully saturated rings. The fourth-order valence-electron chi connectivity index (χ4n) is 5.04. The molecule has 1 saturated carbocycles. The van der Waals surface area contributed by atoms with Crippen molar-refractivity contribution in [2.24, 2.45) is 5.92 Å². The minimum absolute atomic E-state index is 0.761. The number of rotatable bonds is 17. The molecule has 0 N–H and O–H groups in total. The van der Waals surface area contributed by atoms with Gasteiger partial charge in [0, 0.05) is 17.3 Å². The van der Waals surface area contributed by atoms with E-state index < -0.39 is 0 Å². The summed E-state index contributed by atoms with van der Waals surface area (Å²) in [6, 6.07) is 10.2. The summed E-state index contributed by atoms with van der Waals surface area (Å²) >= 11 is 0. The third-order valence-electron chi connectivity index (χ3n) is 7.13. The molecule has 3 heteroatoms. The van der Waals surface area contributed by atoms with E-state index >= 15 is 0 Å². The minimum Gasteiger partial charge on any atom is -0.477 e. The first-order chi connectivity index (χ1) is 16.4. The van der Waals surface area contributed by atoms with Crippen LogP contribution in [0, 0.1) is 5.92 Å². The van der Waals surface area contributed by atoms with Crippen LogP contribution < -0.4 is 4.74 Å². The maximum absolute atomic E-state index is 6.23. The van der Waals surface area contributed by atoms with Crippen molar-refractivity contribution in [3.8, 4) is 17.3 Å². The molecule has 1 aromatic carbocycles. The van der Waals surface area contributed by atoms with E-state index in [1.165, 1.54) is 102 Å². The lowest BCUT2D eigenvalue weighted by molar-refractivity contribution is 0.289. The molecule has 1 aromatic heterocycles. The van der Waals surface area contributed by atoms with E-state index in [9.17, 15) is 0 Å². The smallest absolute Gasteiger partial charge is 0.220 e. The summed E-state index contributed by atoms with van der Waals surface area (Å²) in [7, 11) is 0. The second-order valence-electron chi connectivity index (χ2n) is 9.96. The second kappa shape index (κ2) is 15.9. The van der Waals surface area contributed by atoms with Crippen molar-refractivity contribution in [2.45, 2.75) is 116 Å². The maximum atomic E-state index is 6.23. The van der Waals surface area contributed by atoms with Gasteiger partial charge in [-0.3, -0.25) is 0 Å². The molecule has 1 aliphatic rings. The molecule has 0 amide bonds. The third-order valence-corrected chi connectivity index (χ3v) is 7.13. The van der Waals surface area contributed by atoms with Gasteiger partial charge in [0.25, 0.3) is 0 Å². The van der Waals surface area contributed by atoms with Crippen LogP contribution >= 0.6 is 0 Å². The molecule has 3 nitrogen and oxygen atoms in total. The van der Waals surface area contributed by atoms with Gasteiger partial charge in [0.2, 0.25) is 5.88 Å². The highest BCUT2D eigenvalue weighted by molar-refractivity contribution is 5.55. The Labute approximate surface area is 202 Å². The first-order valence-electron chi connectivity index (χ1n) is 13.9. The van der Waals surface area contributed by atoms with Crippen molar-refractivity contribution in [1.29, 1.82) is 0 Å². The van der Waals surface area contributed by atoms with E-state index in [0.29, 0.717) is 0 Å². The van der Waals surface area contributed by atoms with Crippen molar-refractivity contribution in [3.63, 3.8) is 0 Å². The lowest BCUT2D eigenvalue weighted by Gasteiger charge is -2.12. The minimum atomic E-state index is 0.761. The summed E-state index contributed by atoms with van der Waals surface area (Å²) in [5, 5.41) is 0. The van der Waals surface area contributed by atoms with E-state index in [-0.39, 0.29) is 0 Å². The van der Waals surface area contributed by atoms with E-state index in [2.05, 4.69) is 24.0 Å². The van der Waals surface area contributed by atoms with Gasteiger partial charge in [-0.05, 0) is 25.2 Å². The summed E-state index contributed by atoms with van der Waals surface area (Å²) in [5.74, 6) is 2.61. The van der Waals surface area contributed by atoms with Gasteiger partial charge in [0.05, 0.1) is 6.61 Å². The summed E-state index contributed by atoms with van der Waals surface area (Å²) in [6.45, 7) is 3.03. The van der Waals surface area contributed by atoms with Crippen molar-refractivity contribution in [1.82, 2.24) is 9.97 Å². The highest BCUT2D eigenvalue weighted by Crippen LogP contribution is 2.29. The molecule has 1 aliphatic carbocycles. The number of nitrogens with zero attached hydrogens (tertiary/aromatic N) is 2. The number of aryl methyl sites for hydroxylation is 1. The zero-order valence-corrected chi connectivity index (χ0v) is 21.1. The molecule has 2 aromatic rings. The Morgan fingerprint density at radius 1 is 0.818 bits per heavy atom. The molecule has 0 unspecified atom stereocenters. The lowest BCUT2D eigenvalue weighted by Crippen LogP contribution is -2.05. The largest absolute Gasteiger partial charge is 0.477 e. The molecule has 3 rings (SSSR count). The van der Waals surface area contributed by atoms with Crippen LogP contribution in [0.25, 0.3) is 11.4 Å². The zero-order valence-electron chi connectivity index (χ0n) is 21.1. The van der Waals surface area contributed by atoms with Crippen molar-refractivity contribution in [2.75, 3.05) is 6.61 Å². The average Bonchev–Trinajstić information content (AvgIpc) is 3.37. The van der Waals surface area contributed by atoms with Crippen LogP contribution in [0.1, 0.15) is 115 Å². The zero-order chi connectivity index (χ0) is 23.0. The van der Waals surface area contributed by atoms with Crippen LogP contribution in [0.4, 0.5) is 0 Å². The van der Waals surface area contributed by atoms with Gasteiger partial charge in [-0.25, -0.2) is 4.98 Å². The Balaban J connectivity index is 1.42. The molecule has 0 bridgehead atoms. The molecule has 1 heterocycles. The number of benzene rings is 1. The Morgan fingerprint density at radius 3 is 2.30 bits per heavy atom. The van der Waals surface area contributed by atoms with Crippen LogP contribution in [-0.2, 0) is 6.42 Å². The molecule has 0 saturated heterocycles. The van der Waals surface area contributed by atoms with Crippen LogP contribution in [0.3, 0.4) is 0 Å². The highest BCUT2D eigenvalue weighted by Gasteiger charge is 2.14. The van der Waals surface area contributed by atoms with Gasteiger partial charge >= 0.3 is 0 Å². The normalized spacial score (nSPS) is 14.1. The molecule has 0 radical (unpaired) electrons. The second-order valence-corrected chi connectivity index (χ2v) is 9.96. The molecular weight excluding hydrogens is 404 g/mol. The van der Waals surface area contributed by atoms with Crippen LogP contribution in [0.5, 0.6) is 5.88 Å². The van der Waals surface area contributed by atoms with Crippen LogP contribution in [0.2, 0.25) is 0 Å². The quantitative estimate of drug-likeness (QED) is 0.226. The van der Waals surface area contributed by atoms with Gasteiger partial charge in [-0.1, -0.05) is 127 Å². The number of ether oxygens (including phenoxy) is 1. The molecule has 182 valence electrons. The van der Waals surface area contributed by atoms with Crippen LogP contribution in [0.15, 0.2) is 36.5 Å². The summed E-state index contributed by atoms with van der Waals surface area (Å²) < 4.78 is 6.23. The van der Waals surface area contributed by atoms with Gasteiger partial charge in [0.1, 0.15) is 0 Å². The predicted octanol–water partition coefficient (Wildman–Crippen LogP) is 8.96. The Hall–Kier alpha value is -1.90. The number of unbranched alkanes of at least 4 members (excludes halogenated alkanes) is 9. The van der Waals surface area contributed by atoms with E-state index in [0.717, 1.165) is 42.6 Å². The Morgan fingerprint density at radius 2 is 1.52 bits per heavy atom. The monoisotopic (exact) mass is 450 g/mol. The fourth-order valence-corrected chi connectivity index (χ4v) is 5.04. The predicted molar refractivity (Wildman–Crippen MR) is 140 cm³/mol. The molecular formula is C30H46N2O. The lowest BCUT2D eigenvalue weighted by atomic mass is 9.99. The standard InChI is InChI=1S/C30H46N2O/c1-2-3-4-5-8-12-23-28-25-31-29(27-21-13-10-14-22-27)32-30(28)33-24-17-9-6-7-11-18-26-19-15-16-20-26/h10,13-14,21-22,25-26H,2-9,11-12,15-20,23-24H2,1H3. The molecule has 0 aliphatic heterocycles. The first-order valence-corrected chi connectivity index (χ1v) is 13.9. The maximum Gasteiger partial charge on any atom is 0.220 e. The van der Waals surface area contributed by atoms with E-state index in [1.807, 2.05) is 24.4 Å². The van der Waals surface area contributed by atoms with E-state index in [1.54, 1.807) is 0 Å². The van der Waals surface area contributed by atoms with Gasteiger partial charge in [0.15, 0.2) is 5.82 Å². The molecule has 0 atom stereocenters. The Bertz CT molecular complexity index is 755. The number of aromatic nitrogens is 2. The highest BCUT2D eigenvalue weighted by atomic mass is 16.5. The molecule has 0 spiro atoms. The van der Waals surface area contributed by atoms with Gasteiger partial charge in [-0.2, -0.15) is 4.98 Å². The summed E-state index contributed by atoms with van der Waals surface area (Å²) in [6.07, 6.45) is 24.7. The van der Waals surface area contributed by atoms with Crippen LogP contribution in [-0.4, -0.2) is 16.6 Å². The van der Waals surface area contributed by atoms with E-state index in [4.69, 9.17) is 9.72 Å². The summed E-state index contributed by atoms with van der Waals surface area (Å²) in [5.41, 5.74) is 2.22. The van der Waals surface area contributed by atoms with Crippen molar-refractivity contribution in [3.05, 3.63) is 42.1 Å². The van der Waals surface area contributed by atoms with Gasteiger partial charge in [-0.15, -0.1) is 0 Å². The third kappa shape index (κ3) is 9.86. The van der Waals surface area contributed by atoms with Gasteiger partial charge < -0.3 is 4.74 Å². The van der Waals surface area contributed by atoms with Crippen molar-refractivity contribution < 1.29 is 4.74 Å². The average molecular weight is 451 g/mol. The fraction of sp³-hybridized carbons (Fsp3) is 0.667.